The predicted molar refractivity (Wildman–Crippen MR) is 78.7 cm³/mol. The van der Waals surface area contributed by atoms with Crippen molar-refractivity contribution in [1.82, 2.24) is 0 Å². The van der Waals surface area contributed by atoms with Crippen LogP contribution in [0.2, 0.25) is 0 Å². The van der Waals surface area contributed by atoms with Crippen molar-refractivity contribution >= 4 is 12.0 Å². The Morgan fingerprint density at radius 3 is 2.57 bits per heavy atom. The lowest BCUT2D eigenvalue weighted by molar-refractivity contribution is -0.134. The fraction of sp³-hybridized carbons (Fsp3) is 0.0588. The average molecular weight is 279 g/mol. The Kier molecular flexibility index (Phi) is 4.73. The summed E-state index contributed by atoms with van der Waals surface area (Å²) in [6, 6.07) is 16.5. The number of nitrogens with zero attached hydrogens (tertiary/aromatic N) is 1. The van der Waals surface area contributed by atoms with Gasteiger partial charge in [-0.25, -0.2) is 4.79 Å². The third kappa shape index (κ3) is 3.71. The molecule has 0 aliphatic heterocycles. The Morgan fingerprint density at radius 1 is 1.14 bits per heavy atom. The van der Waals surface area contributed by atoms with Gasteiger partial charge in [-0.2, -0.15) is 5.26 Å². The van der Waals surface area contributed by atoms with Crippen LogP contribution in [-0.2, 0) is 9.53 Å². The Bertz CT molecular complexity index is 700. The molecule has 0 amide bonds. The van der Waals surface area contributed by atoms with E-state index in [9.17, 15) is 10.1 Å². The van der Waals surface area contributed by atoms with Crippen LogP contribution in [0.25, 0.3) is 6.08 Å². The van der Waals surface area contributed by atoms with E-state index in [1.165, 1.54) is 19.3 Å². The van der Waals surface area contributed by atoms with Crippen molar-refractivity contribution in [3.05, 3.63) is 65.7 Å². The predicted octanol–water partition coefficient (Wildman–Crippen LogP) is 3.54. The summed E-state index contributed by atoms with van der Waals surface area (Å²) in [6.45, 7) is 0. The Balaban J connectivity index is 2.33. The van der Waals surface area contributed by atoms with Crippen molar-refractivity contribution in [2.24, 2.45) is 0 Å². The molecule has 21 heavy (non-hydrogen) atoms. The quantitative estimate of drug-likeness (QED) is 0.634. The molecular weight excluding hydrogens is 266 g/mol. The van der Waals surface area contributed by atoms with Crippen LogP contribution in [0.4, 0.5) is 0 Å². The zero-order chi connectivity index (χ0) is 15.1. The van der Waals surface area contributed by atoms with Crippen molar-refractivity contribution in [1.29, 1.82) is 5.26 Å². The number of ether oxygens (including phenoxy) is 2. The molecule has 104 valence electrons. The first-order chi connectivity index (χ1) is 10.2. The number of rotatable bonds is 4. The second kappa shape index (κ2) is 6.92. The lowest BCUT2D eigenvalue weighted by Gasteiger charge is -2.08. The van der Waals surface area contributed by atoms with Gasteiger partial charge >= 0.3 is 5.97 Å². The van der Waals surface area contributed by atoms with E-state index in [1.807, 2.05) is 18.2 Å². The average Bonchev–Trinajstić information content (AvgIpc) is 2.53. The number of benzene rings is 2. The van der Waals surface area contributed by atoms with Gasteiger partial charge in [0.15, 0.2) is 0 Å². The smallest absolute Gasteiger partial charge is 0.330 e. The van der Waals surface area contributed by atoms with Crippen molar-refractivity contribution in [2.45, 2.75) is 0 Å². The summed E-state index contributed by atoms with van der Waals surface area (Å²) < 4.78 is 10.2. The standard InChI is InChI=1S/C17H13NO3/c1-20-17(19)11-10-13-6-5-9-16(15(13)12-18)21-14-7-3-2-4-8-14/h2-11H,1H3/b11-10+. The summed E-state index contributed by atoms with van der Waals surface area (Å²) in [5.41, 5.74) is 0.956. The minimum absolute atomic E-state index is 0.363. The summed E-state index contributed by atoms with van der Waals surface area (Å²) >= 11 is 0. The van der Waals surface area contributed by atoms with Crippen LogP contribution in [0, 0.1) is 11.3 Å². The number of methoxy groups -OCH3 is 1. The molecule has 2 aromatic rings. The van der Waals surface area contributed by atoms with Gasteiger partial charge in [-0.1, -0.05) is 30.3 Å². The lowest BCUT2D eigenvalue weighted by Crippen LogP contribution is -1.95. The highest BCUT2D eigenvalue weighted by molar-refractivity contribution is 5.87. The second-order valence-corrected chi connectivity index (χ2v) is 4.10. The van der Waals surface area contributed by atoms with Gasteiger partial charge in [0.25, 0.3) is 0 Å². The number of hydrogen-bond donors (Lipinski definition) is 0. The zero-order valence-electron chi connectivity index (χ0n) is 11.4. The van der Waals surface area contributed by atoms with Gasteiger partial charge in [-0.3, -0.25) is 0 Å². The molecule has 0 aromatic heterocycles. The maximum atomic E-state index is 11.1. The minimum atomic E-state index is -0.478. The normalized spacial score (nSPS) is 10.1. The number of esters is 1. The molecule has 0 heterocycles. The zero-order valence-corrected chi connectivity index (χ0v) is 11.4. The largest absolute Gasteiger partial charge is 0.466 e. The summed E-state index contributed by atoms with van der Waals surface area (Å²) in [5, 5.41) is 9.32. The van der Waals surface area contributed by atoms with E-state index in [0.29, 0.717) is 22.6 Å². The minimum Gasteiger partial charge on any atom is -0.466 e. The van der Waals surface area contributed by atoms with E-state index in [-0.39, 0.29) is 0 Å². The summed E-state index contributed by atoms with van der Waals surface area (Å²) in [6.07, 6.45) is 2.80. The van der Waals surface area contributed by atoms with E-state index in [4.69, 9.17) is 4.74 Å². The highest BCUT2D eigenvalue weighted by Crippen LogP contribution is 2.27. The van der Waals surface area contributed by atoms with Crippen LogP contribution in [0.15, 0.2) is 54.6 Å². The number of para-hydroxylation sites is 1. The molecule has 2 aromatic carbocycles. The SMILES string of the molecule is COC(=O)/C=C/c1cccc(Oc2ccccc2)c1C#N. The molecular formula is C17H13NO3. The first kappa shape index (κ1) is 14.4. The summed E-state index contributed by atoms with van der Waals surface area (Å²) in [5.74, 6) is 0.604. The van der Waals surface area contributed by atoms with E-state index in [0.717, 1.165) is 0 Å². The highest BCUT2D eigenvalue weighted by atomic mass is 16.5. The van der Waals surface area contributed by atoms with Crippen molar-refractivity contribution in [3.63, 3.8) is 0 Å². The molecule has 0 atom stereocenters. The molecule has 4 nitrogen and oxygen atoms in total. The maximum Gasteiger partial charge on any atom is 0.330 e. The van der Waals surface area contributed by atoms with Crippen molar-refractivity contribution in [2.75, 3.05) is 7.11 Å². The summed E-state index contributed by atoms with van der Waals surface area (Å²) in [7, 11) is 1.30. The summed E-state index contributed by atoms with van der Waals surface area (Å²) in [4.78, 5) is 11.1. The fourth-order valence-corrected chi connectivity index (χ4v) is 1.73. The van der Waals surface area contributed by atoms with Crippen LogP contribution in [-0.4, -0.2) is 13.1 Å². The van der Waals surface area contributed by atoms with Crippen LogP contribution >= 0.6 is 0 Å². The van der Waals surface area contributed by atoms with Gasteiger partial charge in [0.2, 0.25) is 0 Å². The fourth-order valence-electron chi connectivity index (χ4n) is 1.73. The number of carbonyl (C=O) groups is 1. The second-order valence-electron chi connectivity index (χ2n) is 4.10. The Morgan fingerprint density at radius 2 is 1.90 bits per heavy atom. The third-order valence-electron chi connectivity index (χ3n) is 2.74. The lowest BCUT2D eigenvalue weighted by atomic mass is 10.1. The molecule has 0 radical (unpaired) electrons. The molecule has 4 heteroatoms. The molecule has 2 rings (SSSR count). The molecule has 0 bridgehead atoms. The van der Waals surface area contributed by atoms with Crippen LogP contribution in [0.3, 0.4) is 0 Å². The maximum absolute atomic E-state index is 11.1. The van der Waals surface area contributed by atoms with Crippen LogP contribution in [0.5, 0.6) is 11.5 Å². The van der Waals surface area contributed by atoms with Gasteiger partial charge in [-0.15, -0.1) is 0 Å². The molecule has 0 N–H and O–H groups in total. The van der Waals surface area contributed by atoms with Gasteiger partial charge in [0.1, 0.15) is 23.1 Å². The van der Waals surface area contributed by atoms with E-state index in [2.05, 4.69) is 10.8 Å². The first-order valence-corrected chi connectivity index (χ1v) is 6.26. The van der Waals surface area contributed by atoms with Crippen LogP contribution < -0.4 is 4.74 Å². The molecule has 0 spiro atoms. The Hall–Kier alpha value is -3.06. The molecule has 0 aliphatic rings. The Labute approximate surface area is 122 Å². The van der Waals surface area contributed by atoms with Gasteiger partial charge in [-0.05, 0) is 29.8 Å². The number of hydrogen-bond acceptors (Lipinski definition) is 4. The van der Waals surface area contributed by atoms with Crippen LogP contribution in [0.1, 0.15) is 11.1 Å². The van der Waals surface area contributed by atoms with Crippen molar-refractivity contribution < 1.29 is 14.3 Å². The van der Waals surface area contributed by atoms with E-state index in [1.54, 1.807) is 30.3 Å². The third-order valence-corrected chi connectivity index (χ3v) is 2.74. The van der Waals surface area contributed by atoms with E-state index >= 15 is 0 Å². The monoisotopic (exact) mass is 279 g/mol. The molecule has 0 saturated heterocycles. The first-order valence-electron chi connectivity index (χ1n) is 6.26. The topological polar surface area (TPSA) is 59.3 Å². The number of carbonyl (C=O) groups excluding carboxylic acids is 1. The van der Waals surface area contributed by atoms with Crippen molar-refractivity contribution in [3.8, 4) is 17.6 Å². The molecule has 0 aliphatic carbocycles. The molecule has 0 fully saturated rings. The highest BCUT2D eigenvalue weighted by Gasteiger charge is 2.08. The van der Waals surface area contributed by atoms with Gasteiger partial charge in [0.05, 0.1) is 7.11 Å². The molecule has 0 unspecified atom stereocenters. The van der Waals surface area contributed by atoms with Gasteiger partial charge < -0.3 is 9.47 Å². The van der Waals surface area contributed by atoms with Gasteiger partial charge in [0, 0.05) is 6.08 Å². The number of nitriles is 1. The molecule has 0 saturated carbocycles. The van der Waals surface area contributed by atoms with E-state index < -0.39 is 5.97 Å².